The van der Waals surface area contributed by atoms with Crippen molar-refractivity contribution in [2.45, 2.75) is 57.2 Å². The van der Waals surface area contributed by atoms with E-state index in [9.17, 15) is 28.6 Å². The summed E-state index contributed by atoms with van der Waals surface area (Å²) >= 11 is 0. The number of para-hydroxylation sites is 1. The summed E-state index contributed by atoms with van der Waals surface area (Å²) in [5.74, 6) is 1.98. The van der Waals surface area contributed by atoms with E-state index in [4.69, 9.17) is 0 Å². The van der Waals surface area contributed by atoms with E-state index in [2.05, 4.69) is 36.3 Å². The van der Waals surface area contributed by atoms with Gasteiger partial charge in [-0.15, -0.1) is 13.2 Å². The SMILES string of the molecule is CN(C[C@H](O)CO)C1[C@@H]2CC3C[C@H]1CC(CNc1nc(NCc4ccccc4OC(F)(F)F)ncc1C#N)(C3)C2. The number of aliphatic hydroxyl groups excluding tert-OH is 2. The molecule has 0 radical (unpaired) electrons. The van der Waals surface area contributed by atoms with Crippen LogP contribution in [0.3, 0.4) is 0 Å². The second-order valence-corrected chi connectivity index (χ2v) is 11.7. The van der Waals surface area contributed by atoms with Gasteiger partial charge in [-0.05, 0) is 68.4 Å². The van der Waals surface area contributed by atoms with Crippen LogP contribution in [0, 0.1) is 34.5 Å². The van der Waals surface area contributed by atoms with Crippen LogP contribution in [-0.4, -0.2) is 70.3 Å². The lowest BCUT2D eigenvalue weighted by Gasteiger charge is -2.62. The number of nitrogens with zero attached hydrogens (tertiary/aromatic N) is 4. The first-order chi connectivity index (χ1) is 19.1. The molecule has 1 aromatic carbocycles. The molecule has 1 aromatic heterocycles. The Balaban J connectivity index is 1.25. The number of ether oxygens (including phenoxy) is 1. The number of aliphatic hydroxyl groups is 2. The van der Waals surface area contributed by atoms with Gasteiger partial charge in [-0.2, -0.15) is 10.2 Å². The van der Waals surface area contributed by atoms with Crippen LogP contribution in [-0.2, 0) is 6.54 Å². The van der Waals surface area contributed by atoms with E-state index < -0.39 is 12.5 Å². The third-order valence-corrected chi connectivity index (χ3v) is 8.74. The minimum absolute atomic E-state index is 0.00640. The summed E-state index contributed by atoms with van der Waals surface area (Å²) in [5.41, 5.74) is 0.677. The zero-order valence-electron chi connectivity index (χ0n) is 22.4. The number of nitriles is 1. The van der Waals surface area contributed by atoms with Crippen molar-refractivity contribution in [2.24, 2.45) is 23.2 Å². The Bertz CT molecular complexity index is 1220. The van der Waals surface area contributed by atoms with Crippen LogP contribution >= 0.6 is 0 Å². The van der Waals surface area contributed by atoms with Gasteiger partial charge in [0, 0.05) is 31.2 Å². The van der Waals surface area contributed by atoms with E-state index >= 15 is 0 Å². The highest BCUT2D eigenvalue weighted by atomic mass is 19.4. The van der Waals surface area contributed by atoms with Crippen LogP contribution in [0.25, 0.3) is 0 Å². The fourth-order valence-electron chi connectivity index (χ4n) is 7.62. The minimum atomic E-state index is -4.80. The molecule has 216 valence electrons. The van der Waals surface area contributed by atoms with Crippen molar-refractivity contribution in [3.8, 4) is 11.8 Å². The number of anilines is 2. The average molecular weight is 561 g/mol. The summed E-state index contributed by atoms with van der Waals surface area (Å²) < 4.78 is 42.4. The summed E-state index contributed by atoms with van der Waals surface area (Å²) in [5, 5.41) is 35.3. The molecular formula is C28H35F3N6O3. The summed E-state index contributed by atoms with van der Waals surface area (Å²) in [4.78, 5) is 10.9. The fourth-order valence-corrected chi connectivity index (χ4v) is 7.62. The number of hydrogen-bond donors (Lipinski definition) is 4. The molecule has 0 saturated heterocycles. The molecule has 0 amide bonds. The molecule has 6 rings (SSSR count). The third kappa shape index (κ3) is 6.27. The third-order valence-electron chi connectivity index (χ3n) is 8.74. The number of alkyl halides is 3. The van der Waals surface area contributed by atoms with Crippen LogP contribution in [0.4, 0.5) is 24.9 Å². The summed E-state index contributed by atoms with van der Waals surface area (Å²) in [6.07, 6.45) is 1.43. The molecule has 4 N–H and O–H groups in total. The maximum absolute atomic E-state index is 12.8. The van der Waals surface area contributed by atoms with Gasteiger partial charge in [0.2, 0.25) is 5.95 Å². The highest BCUT2D eigenvalue weighted by Crippen LogP contribution is 2.61. The quantitative estimate of drug-likeness (QED) is 0.325. The summed E-state index contributed by atoms with van der Waals surface area (Å²) in [7, 11) is 2.04. The minimum Gasteiger partial charge on any atom is -0.405 e. The van der Waals surface area contributed by atoms with Crippen LogP contribution < -0.4 is 15.4 Å². The normalized spacial score (nSPS) is 27.9. The molecule has 4 saturated carbocycles. The Labute approximate surface area is 231 Å². The molecule has 40 heavy (non-hydrogen) atoms. The van der Waals surface area contributed by atoms with Gasteiger partial charge < -0.3 is 30.5 Å². The van der Waals surface area contributed by atoms with Crippen LogP contribution in [0.15, 0.2) is 30.5 Å². The second-order valence-electron chi connectivity index (χ2n) is 11.7. The molecule has 3 unspecified atom stereocenters. The molecule has 2 aromatic rings. The summed E-state index contributed by atoms with van der Waals surface area (Å²) in [6, 6.07) is 8.38. The number of hydrogen-bond acceptors (Lipinski definition) is 9. The predicted molar refractivity (Wildman–Crippen MR) is 141 cm³/mol. The van der Waals surface area contributed by atoms with Crippen molar-refractivity contribution < 1.29 is 28.1 Å². The number of aromatic nitrogens is 2. The van der Waals surface area contributed by atoms with Gasteiger partial charge in [-0.1, -0.05) is 18.2 Å². The molecule has 0 aliphatic heterocycles. The van der Waals surface area contributed by atoms with E-state index in [-0.39, 0.29) is 30.3 Å². The molecule has 4 fully saturated rings. The lowest BCUT2D eigenvalue weighted by molar-refractivity contribution is -0.274. The van der Waals surface area contributed by atoms with Gasteiger partial charge >= 0.3 is 6.36 Å². The van der Waals surface area contributed by atoms with Crippen molar-refractivity contribution in [2.75, 3.05) is 37.4 Å². The molecule has 4 aliphatic carbocycles. The Morgan fingerprint density at radius 3 is 2.60 bits per heavy atom. The Morgan fingerprint density at radius 1 is 1.20 bits per heavy atom. The molecule has 1 heterocycles. The number of likely N-dealkylation sites (N-methyl/N-ethyl adjacent to an activating group) is 1. The maximum Gasteiger partial charge on any atom is 0.573 e. The van der Waals surface area contributed by atoms with Gasteiger partial charge in [0.1, 0.15) is 23.2 Å². The van der Waals surface area contributed by atoms with Gasteiger partial charge in [-0.3, -0.25) is 0 Å². The first kappa shape index (κ1) is 28.4. The predicted octanol–water partition coefficient (Wildman–Crippen LogP) is 3.75. The van der Waals surface area contributed by atoms with E-state index in [1.54, 1.807) is 6.07 Å². The number of halogens is 3. The topological polar surface area (TPSA) is 127 Å². The Kier molecular flexibility index (Phi) is 8.08. The number of nitrogens with one attached hydrogen (secondary N) is 2. The monoisotopic (exact) mass is 560 g/mol. The summed E-state index contributed by atoms with van der Waals surface area (Å²) in [6.45, 7) is 0.888. The number of rotatable bonds is 11. The van der Waals surface area contributed by atoms with Crippen molar-refractivity contribution in [3.05, 3.63) is 41.6 Å². The highest BCUT2D eigenvalue weighted by molar-refractivity contribution is 5.53. The van der Waals surface area contributed by atoms with E-state index in [0.717, 1.165) is 19.3 Å². The molecule has 4 bridgehead atoms. The van der Waals surface area contributed by atoms with Crippen molar-refractivity contribution >= 4 is 11.8 Å². The lowest BCUT2D eigenvalue weighted by atomic mass is 9.47. The van der Waals surface area contributed by atoms with Gasteiger partial charge in [0.05, 0.1) is 18.9 Å². The fraction of sp³-hybridized carbons (Fsp3) is 0.607. The Hall–Kier alpha value is -3.14. The van der Waals surface area contributed by atoms with Crippen molar-refractivity contribution in [3.63, 3.8) is 0 Å². The van der Waals surface area contributed by atoms with Crippen LogP contribution in [0.1, 0.15) is 43.2 Å². The van der Waals surface area contributed by atoms with E-state index in [1.807, 2.05) is 7.05 Å². The first-order valence-corrected chi connectivity index (χ1v) is 13.7. The standard InChI is InChI=1S/C28H35F3N6O3/c1-37(14-22(39)15-38)24-19-6-17-7-20(24)10-27(8-17,9-19)16-35-25-21(11-32)13-34-26(36-25)33-12-18-4-2-3-5-23(18)40-28(29,30)31/h2-5,13,17,19-20,22,24,38-39H,6-10,12,14-16H2,1H3,(H2,33,34,35,36)/t17?,19-,20+,22-,24?,27?/m0/s1. The van der Waals surface area contributed by atoms with Gasteiger partial charge in [0.15, 0.2) is 0 Å². The highest BCUT2D eigenvalue weighted by Gasteiger charge is 2.56. The zero-order chi connectivity index (χ0) is 28.5. The molecule has 4 aliphatic rings. The van der Waals surface area contributed by atoms with Crippen LogP contribution in [0.2, 0.25) is 0 Å². The lowest BCUT2D eigenvalue weighted by Crippen LogP contribution is -2.60. The zero-order valence-corrected chi connectivity index (χ0v) is 22.4. The molecule has 0 spiro atoms. The second kappa shape index (κ2) is 11.4. The van der Waals surface area contributed by atoms with E-state index in [1.165, 1.54) is 37.2 Å². The van der Waals surface area contributed by atoms with Crippen molar-refractivity contribution in [1.82, 2.24) is 14.9 Å². The molecule has 9 nitrogen and oxygen atoms in total. The molecule has 6 atom stereocenters. The largest absolute Gasteiger partial charge is 0.573 e. The van der Waals surface area contributed by atoms with E-state index in [0.29, 0.717) is 53.8 Å². The van der Waals surface area contributed by atoms with Gasteiger partial charge in [0.25, 0.3) is 0 Å². The molecule has 12 heteroatoms. The average Bonchev–Trinajstić information content (AvgIpc) is 2.90. The Morgan fingerprint density at radius 2 is 1.93 bits per heavy atom. The number of benzene rings is 1. The van der Waals surface area contributed by atoms with Gasteiger partial charge in [-0.25, -0.2) is 4.98 Å². The maximum atomic E-state index is 12.8. The van der Waals surface area contributed by atoms with Crippen molar-refractivity contribution in [1.29, 1.82) is 5.26 Å². The first-order valence-electron chi connectivity index (χ1n) is 13.7. The smallest absolute Gasteiger partial charge is 0.405 e. The van der Waals surface area contributed by atoms with Crippen LogP contribution in [0.5, 0.6) is 5.75 Å². The molecular weight excluding hydrogens is 525 g/mol.